The van der Waals surface area contributed by atoms with Gasteiger partial charge in [-0.2, -0.15) is 5.10 Å². The summed E-state index contributed by atoms with van der Waals surface area (Å²) in [6, 6.07) is 43.9. The zero-order chi connectivity index (χ0) is 39.3. The molecule has 3 heterocycles. The second-order valence-electron chi connectivity index (χ2n) is 17.8. The SMILES string of the molecule is Cc1cc(C2(c3ccnc(-n4c5ccccc5c5ccc(Oc6cccc(-n7nc(C)c(-c8ccccc8)c7C)c6)cc54)c3)C3CC4CC(C3)CC2C4)cc(C)c1C. The molecular weight excluding hydrogens is 709 g/mol. The Balaban J connectivity index is 1.01. The van der Waals surface area contributed by atoms with E-state index in [2.05, 4.69) is 155 Å². The van der Waals surface area contributed by atoms with Gasteiger partial charge in [0, 0.05) is 45.8 Å². The highest BCUT2D eigenvalue weighted by Crippen LogP contribution is 2.65. The summed E-state index contributed by atoms with van der Waals surface area (Å²) < 4.78 is 11.1. The third-order valence-electron chi connectivity index (χ3n) is 14.6. The highest BCUT2D eigenvalue weighted by molar-refractivity contribution is 6.09. The number of rotatable bonds is 7. The number of fused-ring (bicyclic) bond motifs is 3. The van der Waals surface area contributed by atoms with Gasteiger partial charge in [0.05, 0.1) is 22.4 Å². The Hall–Kier alpha value is -5.94. The van der Waals surface area contributed by atoms with Crippen LogP contribution >= 0.6 is 0 Å². The van der Waals surface area contributed by atoms with Crippen molar-refractivity contribution in [2.45, 2.75) is 72.1 Å². The van der Waals surface area contributed by atoms with E-state index in [0.717, 1.165) is 57.3 Å². The largest absolute Gasteiger partial charge is 0.457 e. The van der Waals surface area contributed by atoms with Crippen LogP contribution < -0.4 is 4.74 Å². The van der Waals surface area contributed by atoms with Crippen LogP contribution in [0.3, 0.4) is 0 Å². The summed E-state index contributed by atoms with van der Waals surface area (Å²) in [5.74, 6) is 5.56. The molecule has 3 aromatic heterocycles. The minimum atomic E-state index is -0.0142. The summed E-state index contributed by atoms with van der Waals surface area (Å²) >= 11 is 0. The topological polar surface area (TPSA) is 44.9 Å². The van der Waals surface area contributed by atoms with Crippen LogP contribution in [0, 0.1) is 58.3 Å². The highest BCUT2D eigenvalue weighted by Gasteiger charge is 2.58. The number of para-hydroxylation sites is 1. The van der Waals surface area contributed by atoms with Gasteiger partial charge < -0.3 is 4.74 Å². The molecule has 0 unspecified atom stereocenters. The first kappa shape index (κ1) is 35.2. The summed E-state index contributed by atoms with van der Waals surface area (Å²) in [7, 11) is 0. The van der Waals surface area contributed by atoms with Gasteiger partial charge in [0.25, 0.3) is 0 Å². The first-order chi connectivity index (χ1) is 28.3. The molecule has 5 aromatic carbocycles. The maximum absolute atomic E-state index is 6.71. The molecule has 4 saturated carbocycles. The van der Waals surface area contributed by atoms with E-state index in [1.165, 1.54) is 81.8 Å². The first-order valence-corrected chi connectivity index (χ1v) is 21.2. The molecule has 12 rings (SSSR count). The van der Waals surface area contributed by atoms with Crippen LogP contribution in [0.15, 0.2) is 128 Å². The van der Waals surface area contributed by atoms with Crippen molar-refractivity contribution in [1.82, 2.24) is 19.3 Å². The molecular formula is C53H50N4O. The maximum Gasteiger partial charge on any atom is 0.137 e. The Morgan fingerprint density at radius 2 is 1.29 bits per heavy atom. The third-order valence-corrected chi connectivity index (χ3v) is 14.6. The highest BCUT2D eigenvalue weighted by atomic mass is 16.5. The fourth-order valence-corrected chi connectivity index (χ4v) is 12.1. The summed E-state index contributed by atoms with van der Waals surface area (Å²) in [6.45, 7) is 11.1. The lowest BCUT2D eigenvalue weighted by atomic mass is 9.42. The third kappa shape index (κ3) is 5.35. The monoisotopic (exact) mass is 758 g/mol. The van der Waals surface area contributed by atoms with Crippen molar-refractivity contribution in [2.75, 3.05) is 0 Å². The predicted octanol–water partition coefficient (Wildman–Crippen LogP) is 13.1. The van der Waals surface area contributed by atoms with E-state index in [4.69, 9.17) is 14.8 Å². The Labute approximate surface area is 341 Å². The first-order valence-electron chi connectivity index (χ1n) is 21.2. The van der Waals surface area contributed by atoms with E-state index in [0.29, 0.717) is 11.8 Å². The van der Waals surface area contributed by atoms with Gasteiger partial charge in [0.2, 0.25) is 0 Å². The molecule has 0 aliphatic heterocycles. The van der Waals surface area contributed by atoms with Crippen molar-refractivity contribution >= 4 is 21.8 Å². The summed E-state index contributed by atoms with van der Waals surface area (Å²) in [5, 5.41) is 7.37. The van der Waals surface area contributed by atoms with E-state index in [-0.39, 0.29) is 5.41 Å². The molecule has 4 fully saturated rings. The van der Waals surface area contributed by atoms with Crippen molar-refractivity contribution in [3.05, 3.63) is 167 Å². The summed E-state index contributed by atoms with van der Waals surface area (Å²) in [6.07, 6.45) is 8.86. The van der Waals surface area contributed by atoms with Crippen LogP contribution in [0.1, 0.15) is 71.3 Å². The number of hydrogen-bond donors (Lipinski definition) is 0. The number of ether oxygens (including phenoxy) is 1. The van der Waals surface area contributed by atoms with E-state index >= 15 is 0 Å². The second-order valence-corrected chi connectivity index (χ2v) is 17.8. The predicted molar refractivity (Wildman–Crippen MR) is 236 cm³/mol. The lowest BCUT2D eigenvalue weighted by Crippen LogP contribution is -2.56. The van der Waals surface area contributed by atoms with Gasteiger partial charge in [-0.3, -0.25) is 4.57 Å². The molecule has 288 valence electrons. The summed E-state index contributed by atoms with van der Waals surface area (Å²) in [5.41, 5.74) is 14.8. The van der Waals surface area contributed by atoms with Crippen LogP contribution in [0.5, 0.6) is 11.5 Å². The van der Waals surface area contributed by atoms with Gasteiger partial charge in [0.15, 0.2) is 0 Å². The zero-order valence-corrected chi connectivity index (χ0v) is 34.2. The quantitative estimate of drug-likeness (QED) is 0.163. The Morgan fingerprint density at radius 1 is 0.603 bits per heavy atom. The lowest BCUT2D eigenvalue weighted by molar-refractivity contribution is -0.0419. The van der Waals surface area contributed by atoms with Crippen molar-refractivity contribution in [3.63, 3.8) is 0 Å². The molecule has 4 aliphatic rings. The number of nitrogens with zero attached hydrogens (tertiary/aromatic N) is 4. The average Bonchev–Trinajstić information content (AvgIpc) is 3.72. The fraction of sp³-hybridized carbons (Fsp3) is 0.283. The molecule has 0 saturated heterocycles. The molecule has 0 atom stereocenters. The summed E-state index contributed by atoms with van der Waals surface area (Å²) in [4.78, 5) is 5.18. The van der Waals surface area contributed by atoms with Crippen LogP contribution in [0.4, 0.5) is 0 Å². The minimum Gasteiger partial charge on any atom is -0.457 e. The Morgan fingerprint density at radius 3 is 2.05 bits per heavy atom. The molecule has 4 bridgehead atoms. The van der Waals surface area contributed by atoms with Crippen LogP contribution in [0.2, 0.25) is 0 Å². The molecule has 58 heavy (non-hydrogen) atoms. The standard InChI is InChI=1S/C53H50N4O/c1-32-22-41(23-33(2)34(32)3)53(42-25-37-24-38(27-42)28-43(53)26-37)40-20-21-54-51(29-40)56-49-17-10-9-16-47(49)48-19-18-46(31-50(48)56)58-45-15-11-14-44(30-45)57-36(5)52(35(4)55-57)39-12-7-6-8-13-39/h6-23,29-31,37-38,42-43H,24-28H2,1-5H3. The number of benzene rings is 5. The molecule has 4 aliphatic carbocycles. The smallest absolute Gasteiger partial charge is 0.137 e. The molecule has 5 heteroatoms. The van der Waals surface area contributed by atoms with E-state index in [9.17, 15) is 0 Å². The number of aryl methyl sites for hydroxylation is 3. The van der Waals surface area contributed by atoms with Crippen LogP contribution in [-0.2, 0) is 5.41 Å². The van der Waals surface area contributed by atoms with Crippen LogP contribution in [-0.4, -0.2) is 19.3 Å². The maximum atomic E-state index is 6.71. The molecule has 8 aromatic rings. The Bertz CT molecular complexity index is 2850. The Kier molecular flexibility index (Phi) is 8.09. The fourth-order valence-electron chi connectivity index (χ4n) is 12.1. The van der Waals surface area contributed by atoms with E-state index in [1.807, 2.05) is 16.8 Å². The average molecular weight is 759 g/mol. The van der Waals surface area contributed by atoms with Gasteiger partial charge in [-0.25, -0.2) is 9.67 Å². The second kappa shape index (κ2) is 13.3. The lowest BCUT2D eigenvalue weighted by Gasteiger charge is -2.62. The van der Waals surface area contributed by atoms with Crippen molar-refractivity contribution in [2.24, 2.45) is 23.7 Å². The molecule has 0 amide bonds. The van der Waals surface area contributed by atoms with Crippen molar-refractivity contribution in [3.8, 4) is 34.1 Å². The normalized spacial score (nSPS) is 22.3. The van der Waals surface area contributed by atoms with Gasteiger partial charge in [-0.15, -0.1) is 0 Å². The molecule has 0 radical (unpaired) electrons. The molecule has 0 N–H and O–H groups in total. The van der Waals surface area contributed by atoms with Gasteiger partial charge in [-0.05, 0) is 166 Å². The zero-order valence-electron chi connectivity index (χ0n) is 34.2. The van der Waals surface area contributed by atoms with Gasteiger partial charge in [-0.1, -0.05) is 66.7 Å². The van der Waals surface area contributed by atoms with Crippen molar-refractivity contribution in [1.29, 1.82) is 0 Å². The molecule has 5 nitrogen and oxygen atoms in total. The number of hydrogen-bond acceptors (Lipinski definition) is 3. The van der Waals surface area contributed by atoms with Gasteiger partial charge in [0.1, 0.15) is 17.3 Å². The van der Waals surface area contributed by atoms with Crippen LogP contribution in [0.25, 0.3) is 44.4 Å². The molecule has 0 spiro atoms. The number of aromatic nitrogens is 4. The van der Waals surface area contributed by atoms with E-state index < -0.39 is 0 Å². The van der Waals surface area contributed by atoms with Crippen molar-refractivity contribution < 1.29 is 4.74 Å². The van der Waals surface area contributed by atoms with E-state index in [1.54, 1.807) is 0 Å². The van der Waals surface area contributed by atoms with Gasteiger partial charge >= 0.3 is 0 Å². The minimum absolute atomic E-state index is 0.0142. The number of pyridine rings is 1.